The number of piperidine rings is 1. The lowest BCUT2D eigenvalue weighted by molar-refractivity contribution is -0.000281. The van der Waals surface area contributed by atoms with Gasteiger partial charge in [0.2, 0.25) is 0 Å². The van der Waals surface area contributed by atoms with E-state index in [1.165, 1.54) is 6.42 Å². The van der Waals surface area contributed by atoms with Gasteiger partial charge in [-0.2, -0.15) is 0 Å². The lowest BCUT2D eigenvalue weighted by Crippen LogP contribution is -2.51. The first-order valence-electron chi connectivity index (χ1n) is 4.17. The fourth-order valence-corrected chi connectivity index (χ4v) is 2.18. The van der Waals surface area contributed by atoms with E-state index in [1.807, 2.05) is 6.92 Å². The van der Waals surface area contributed by atoms with Crippen LogP contribution in [-0.4, -0.2) is 22.8 Å². The normalized spacial score (nSPS) is 48.5. The van der Waals surface area contributed by atoms with Gasteiger partial charge >= 0.3 is 0 Å². The Morgan fingerprint density at radius 1 is 1.36 bits per heavy atom. The molecule has 0 amide bonds. The molecule has 2 nitrogen and oxygen atoms in total. The minimum absolute atomic E-state index is 0. The average Bonchev–Trinajstić information content (AvgIpc) is 2.26. The number of rotatable bonds is 0. The average molecular weight is 178 g/mol. The van der Waals surface area contributed by atoms with Crippen LogP contribution in [0.4, 0.5) is 0 Å². The monoisotopic (exact) mass is 177 g/mol. The summed E-state index contributed by atoms with van der Waals surface area (Å²) in [5, 5.41) is 13.2. The van der Waals surface area contributed by atoms with Crippen LogP contribution in [-0.2, 0) is 0 Å². The molecule has 0 aromatic heterocycles. The van der Waals surface area contributed by atoms with Crippen molar-refractivity contribution in [1.82, 2.24) is 5.32 Å². The van der Waals surface area contributed by atoms with Crippen LogP contribution in [0.25, 0.3) is 0 Å². The largest absolute Gasteiger partial charge is 0.389 e. The summed E-state index contributed by atoms with van der Waals surface area (Å²) in [5.74, 6) is 0. The van der Waals surface area contributed by atoms with Crippen molar-refractivity contribution >= 4 is 12.4 Å². The third-order valence-corrected chi connectivity index (χ3v) is 2.99. The second kappa shape index (κ2) is 2.92. The Kier molecular flexibility index (Phi) is 2.47. The van der Waals surface area contributed by atoms with Gasteiger partial charge in [0.25, 0.3) is 0 Å². The minimum atomic E-state index is -0.424. The molecule has 11 heavy (non-hydrogen) atoms. The molecule has 3 unspecified atom stereocenters. The van der Waals surface area contributed by atoms with E-state index in [0.29, 0.717) is 12.1 Å². The highest BCUT2D eigenvalue weighted by Crippen LogP contribution is 2.33. The standard InChI is InChI=1S/C8H15NO.ClH/c1-8(10)5-4-6-2-3-7(8)9-6;/h6-7,9-10H,2-5H2,1H3;1H. The summed E-state index contributed by atoms with van der Waals surface area (Å²) in [4.78, 5) is 0. The van der Waals surface area contributed by atoms with Gasteiger partial charge in [0.1, 0.15) is 0 Å². The zero-order chi connectivity index (χ0) is 7.19. The summed E-state index contributed by atoms with van der Waals surface area (Å²) in [6.07, 6.45) is 4.57. The third-order valence-electron chi connectivity index (χ3n) is 2.99. The summed E-state index contributed by atoms with van der Waals surface area (Å²) < 4.78 is 0. The quantitative estimate of drug-likeness (QED) is 0.581. The van der Waals surface area contributed by atoms with Gasteiger partial charge in [-0.3, -0.25) is 0 Å². The first-order valence-corrected chi connectivity index (χ1v) is 4.17. The van der Waals surface area contributed by atoms with Gasteiger partial charge in [-0.05, 0) is 32.6 Å². The van der Waals surface area contributed by atoms with E-state index in [9.17, 15) is 5.11 Å². The van der Waals surface area contributed by atoms with Crippen molar-refractivity contribution in [1.29, 1.82) is 0 Å². The maximum Gasteiger partial charge on any atom is 0.0772 e. The van der Waals surface area contributed by atoms with Gasteiger partial charge in [-0.15, -0.1) is 12.4 Å². The summed E-state index contributed by atoms with van der Waals surface area (Å²) in [6.45, 7) is 1.95. The molecule has 0 spiro atoms. The number of halogens is 1. The SMILES string of the molecule is CC1(O)CCC2CCC1N2.Cl. The molecule has 3 atom stereocenters. The van der Waals surface area contributed by atoms with E-state index >= 15 is 0 Å². The van der Waals surface area contributed by atoms with Gasteiger partial charge in [0, 0.05) is 12.1 Å². The van der Waals surface area contributed by atoms with Crippen LogP contribution in [0.3, 0.4) is 0 Å². The van der Waals surface area contributed by atoms with E-state index in [1.54, 1.807) is 0 Å². The van der Waals surface area contributed by atoms with E-state index < -0.39 is 5.60 Å². The van der Waals surface area contributed by atoms with Crippen LogP contribution in [0.2, 0.25) is 0 Å². The van der Waals surface area contributed by atoms with Gasteiger partial charge in [-0.25, -0.2) is 0 Å². The van der Waals surface area contributed by atoms with Gasteiger partial charge in [-0.1, -0.05) is 0 Å². The van der Waals surface area contributed by atoms with Gasteiger partial charge < -0.3 is 10.4 Å². The molecule has 0 aromatic carbocycles. The molecule has 2 rings (SSSR count). The number of nitrogens with one attached hydrogen (secondary N) is 1. The van der Waals surface area contributed by atoms with Crippen LogP contribution in [0.15, 0.2) is 0 Å². The molecular weight excluding hydrogens is 162 g/mol. The highest BCUT2D eigenvalue weighted by atomic mass is 35.5. The minimum Gasteiger partial charge on any atom is -0.389 e. The molecule has 0 aliphatic carbocycles. The molecule has 2 saturated heterocycles. The smallest absolute Gasteiger partial charge is 0.0772 e. The summed E-state index contributed by atoms with van der Waals surface area (Å²) in [6, 6.07) is 1.09. The van der Waals surface area contributed by atoms with Crippen LogP contribution in [0, 0.1) is 0 Å². The molecule has 2 N–H and O–H groups in total. The predicted molar refractivity (Wildman–Crippen MR) is 47.1 cm³/mol. The first-order chi connectivity index (χ1) is 4.68. The number of hydrogen-bond acceptors (Lipinski definition) is 2. The van der Waals surface area contributed by atoms with Crippen molar-refractivity contribution in [2.45, 2.75) is 50.3 Å². The third kappa shape index (κ3) is 1.53. The van der Waals surface area contributed by atoms with Gasteiger partial charge in [0.15, 0.2) is 0 Å². The van der Waals surface area contributed by atoms with Crippen molar-refractivity contribution in [3.63, 3.8) is 0 Å². The van der Waals surface area contributed by atoms with Crippen molar-refractivity contribution in [2.24, 2.45) is 0 Å². The molecule has 0 radical (unpaired) electrons. The molecular formula is C8H16ClNO. The molecule has 66 valence electrons. The highest BCUT2D eigenvalue weighted by Gasteiger charge is 2.41. The topological polar surface area (TPSA) is 32.3 Å². The van der Waals surface area contributed by atoms with Crippen LogP contribution < -0.4 is 5.32 Å². The molecule has 2 fully saturated rings. The van der Waals surface area contributed by atoms with E-state index in [4.69, 9.17) is 0 Å². The Morgan fingerprint density at radius 3 is 2.73 bits per heavy atom. The molecule has 2 aliphatic heterocycles. The number of hydrogen-bond donors (Lipinski definition) is 2. The Hall–Kier alpha value is 0.210. The highest BCUT2D eigenvalue weighted by molar-refractivity contribution is 5.85. The first kappa shape index (κ1) is 9.30. The van der Waals surface area contributed by atoms with Gasteiger partial charge in [0.05, 0.1) is 5.60 Å². The number of aliphatic hydroxyl groups is 1. The Bertz CT molecular complexity index is 149. The fraction of sp³-hybridized carbons (Fsp3) is 1.00. The Morgan fingerprint density at radius 2 is 2.09 bits per heavy atom. The predicted octanol–water partition coefficient (Wildman–Crippen LogP) is 1.07. The van der Waals surface area contributed by atoms with E-state index in [-0.39, 0.29) is 12.4 Å². The van der Waals surface area contributed by atoms with Crippen molar-refractivity contribution in [3.8, 4) is 0 Å². The summed E-state index contributed by atoms with van der Waals surface area (Å²) in [7, 11) is 0. The lowest BCUT2D eigenvalue weighted by atomic mass is 9.89. The van der Waals surface area contributed by atoms with Crippen molar-refractivity contribution < 1.29 is 5.11 Å². The van der Waals surface area contributed by atoms with Crippen molar-refractivity contribution in [2.75, 3.05) is 0 Å². The lowest BCUT2D eigenvalue weighted by Gasteiger charge is -2.35. The molecule has 0 aromatic rings. The fourth-order valence-electron chi connectivity index (χ4n) is 2.18. The zero-order valence-corrected chi connectivity index (χ0v) is 7.66. The summed E-state index contributed by atoms with van der Waals surface area (Å²) in [5.41, 5.74) is -0.424. The molecule has 2 aliphatic rings. The molecule has 2 heterocycles. The Labute approximate surface area is 73.8 Å². The van der Waals surface area contributed by atoms with E-state index in [0.717, 1.165) is 19.3 Å². The maximum atomic E-state index is 9.80. The van der Waals surface area contributed by atoms with Crippen LogP contribution >= 0.6 is 12.4 Å². The summed E-state index contributed by atoms with van der Waals surface area (Å²) >= 11 is 0. The molecule has 2 bridgehead atoms. The second-order valence-corrected chi connectivity index (χ2v) is 3.89. The Balaban J connectivity index is 0.000000605. The zero-order valence-electron chi connectivity index (χ0n) is 6.84. The number of fused-ring (bicyclic) bond motifs is 2. The molecule has 0 saturated carbocycles. The van der Waals surface area contributed by atoms with Crippen molar-refractivity contribution in [3.05, 3.63) is 0 Å². The van der Waals surface area contributed by atoms with Crippen LogP contribution in [0.5, 0.6) is 0 Å². The van der Waals surface area contributed by atoms with Crippen LogP contribution in [0.1, 0.15) is 32.6 Å². The molecule has 3 heteroatoms. The van der Waals surface area contributed by atoms with E-state index in [2.05, 4.69) is 5.32 Å². The second-order valence-electron chi connectivity index (χ2n) is 3.89. The maximum absolute atomic E-state index is 9.80.